The first-order valence-electron chi connectivity index (χ1n) is 13.4. The number of piperidine rings is 1. The third kappa shape index (κ3) is 7.95. The Kier molecular flexibility index (Phi) is 9.29. The second kappa shape index (κ2) is 12.6. The molecule has 6 heteroatoms. The van der Waals surface area contributed by atoms with E-state index in [9.17, 15) is 13.6 Å². The lowest BCUT2D eigenvalue weighted by Crippen LogP contribution is -2.49. The van der Waals surface area contributed by atoms with Gasteiger partial charge in [0.05, 0.1) is 5.56 Å². The third-order valence-electron chi connectivity index (χ3n) is 7.13. The molecule has 38 heavy (non-hydrogen) atoms. The van der Waals surface area contributed by atoms with Gasteiger partial charge < -0.3 is 9.64 Å². The van der Waals surface area contributed by atoms with Crippen LogP contribution in [0, 0.1) is 11.7 Å². The van der Waals surface area contributed by atoms with Crippen molar-refractivity contribution in [1.29, 1.82) is 0 Å². The van der Waals surface area contributed by atoms with E-state index in [0.717, 1.165) is 37.9 Å². The Balaban J connectivity index is 1.40. The lowest BCUT2D eigenvalue weighted by Gasteiger charge is -2.38. The Labute approximate surface area is 225 Å². The van der Waals surface area contributed by atoms with Gasteiger partial charge in [-0.25, -0.2) is 13.6 Å². The molecule has 1 aliphatic rings. The van der Waals surface area contributed by atoms with Crippen molar-refractivity contribution in [3.8, 4) is 11.1 Å². The van der Waals surface area contributed by atoms with E-state index < -0.39 is 23.7 Å². The normalized spacial score (nSPS) is 16.7. The fourth-order valence-electron chi connectivity index (χ4n) is 5.33. The van der Waals surface area contributed by atoms with Crippen LogP contribution in [0.4, 0.5) is 8.78 Å². The molecule has 0 radical (unpaired) electrons. The second-order valence-electron chi connectivity index (χ2n) is 10.9. The first kappa shape index (κ1) is 27.9. The number of alkyl halides is 1. The van der Waals surface area contributed by atoms with Crippen molar-refractivity contribution in [2.75, 3.05) is 19.6 Å². The van der Waals surface area contributed by atoms with Crippen molar-refractivity contribution >= 4 is 5.97 Å². The summed E-state index contributed by atoms with van der Waals surface area (Å²) >= 11 is 0. The van der Waals surface area contributed by atoms with Crippen LogP contribution >= 0.6 is 0 Å². The van der Waals surface area contributed by atoms with Crippen LogP contribution in [0.25, 0.3) is 11.1 Å². The van der Waals surface area contributed by atoms with Crippen LogP contribution in [-0.4, -0.2) is 48.4 Å². The van der Waals surface area contributed by atoms with Crippen LogP contribution in [0.2, 0.25) is 0 Å². The van der Waals surface area contributed by atoms with Gasteiger partial charge in [0.15, 0.2) is 6.23 Å². The number of ether oxygens (including phenoxy) is 1. The lowest BCUT2D eigenvalue weighted by molar-refractivity contribution is 0.0175. The predicted octanol–water partition coefficient (Wildman–Crippen LogP) is 6.66. The van der Waals surface area contributed by atoms with E-state index in [4.69, 9.17) is 4.74 Å². The van der Waals surface area contributed by atoms with Gasteiger partial charge in [0, 0.05) is 12.6 Å². The number of carbonyl (C=O) groups is 1. The summed E-state index contributed by atoms with van der Waals surface area (Å²) in [5.74, 6) is -0.953. The number of carbonyl (C=O) groups excluding carboxylic acids is 1. The minimum Gasteiger partial charge on any atom is -0.443 e. The average molecular weight is 521 g/mol. The minimum atomic E-state index is -1.22. The maximum Gasteiger partial charge on any atom is 0.342 e. The summed E-state index contributed by atoms with van der Waals surface area (Å²) in [7, 11) is 0. The number of nitrogens with zero attached hydrogens (tertiary/aromatic N) is 1. The molecule has 0 amide bonds. The molecule has 0 aliphatic carbocycles. The summed E-state index contributed by atoms with van der Waals surface area (Å²) in [6.45, 7) is 7.11. The van der Waals surface area contributed by atoms with Crippen LogP contribution in [0.15, 0.2) is 78.9 Å². The molecule has 0 aromatic heterocycles. The van der Waals surface area contributed by atoms with E-state index >= 15 is 0 Å². The molecule has 202 valence electrons. The highest BCUT2D eigenvalue weighted by atomic mass is 19.1. The quantitative estimate of drug-likeness (QED) is 0.240. The summed E-state index contributed by atoms with van der Waals surface area (Å²) < 4.78 is 34.7. The summed E-state index contributed by atoms with van der Waals surface area (Å²) in [6.07, 6.45) is 2.03. The zero-order valence-corrected chi connectivity index (χ0v) is 22.5. The van der Waals surface area contributed by atoms with E-state index in [1.807, 2.05) is 48.5 Å². The number of rotatable bonds is 10. The summed E-state index contributed by atoms with van der Waals surface area (Å²) in [4.78, 5) is 15.1. The first-order chi connectivity index (χ1) is 18.2. The van der Waals surface area contributed by atoms with E-state index in [2.05, 4.69) is 22.3 Å². The molecule has 3 aromatic carbocycles. The van der Waals surface area contributed by atoms with Crippen molar-refractivity contribution in [3.05, 3.63) is 95.8 Å². The molecule has 4 nitrogen and oxygen atoms in total. The molecule has 0 saturated carbocycles. The average Bonchev–Trinajstić information content (AvgIpc) is 2.89. The predicted molar refractivity (Wildman–Crippen MR) is 148 cm³/mol. The second-order valence-corrected chi connectivity index (χ2v) is 10.9. The van der Waals surface area contributed by atoms with Gasteiger partial charge in [-0.05, 0) is 87.9 Å². The number of esters is 1. The Hall–Kier alpha value is -3.09. The molecular formula is C32H38F2N2O2. The molecule has 2 atom stereocenters. The molecule has 1 aliphatic heterocycles. The van der Waals surface area contributed by atoms with Crippen LogP contribution in [0.1, 0.15) is 49.5 Å². The highest BCUT2D eigenvalue weighted by Crippen LogP contribution is 2.26. The molecule has 0 spiro atoms. The first-order valence-corrected chi connectivity index (χ1v) is 13.4. The van der Waals surface area contributed by atoms with Gasteiger partial charge in [0.1, 0.15) is 11.5 Å². The van der Waals surface area contributed by atoms with Gasteiger partial charge in [-0.2, -0.15) is 0 Å². The largest absolute Gasteiger partial charge is 0.443 e. The van der Waals surface area contributed by atoms with Crippen molar-refractivity contribution < 1.29 is 18.3 Å². The van der Waals surface area contributed by atoms with Gasteiger partial charge in [0.25, 0.3) is 0 Å². The van der Waals surface area contributed by atoms with E-state index in [1.165, 1.54) is 17.7 Å². The van der Waals surface area contributed by atoms with Crippen LogP contribution in [0.3, 0.4) is 0 Å². The fraction of sp³-hybridized carbons (Fsp3) is 0.406. The Morgan fingerprint density at radius 1 is 1.00 bits per heavy atom. The van der Waals surface area contributed by atoms with E-state index in [-0.39, 0.29) is 11.6 Å². The topological polar surface area (TPSA) is 41.6 Å². The highest BCUT2D eigenvalue weighted by Gasteiger charge is 2.31. The van der Waals surface area contributed by atoms with Gasteiger partial charge in [0.2, 0.25) is 0 Å². The molecule has 3 aromatic rings. The SMILES string of the molecule is CC(NC(Cc1ccccc1)C1CCN(CC(C)(C)F)CC1)OC(=O)c1ccc(-c2ccccc2)cc1F. The maximum atomic E-state index is 14.9. The van der Waals surface area contributed by atoms with E-state index in [0.29, 0.717) is 18.0 Å². The Morgan fingerprint density at radius 3 is 2.24 bits per heavy atom. The zero-order chi connectivity index (χ0) is 27.1. The third-order valence-corrected chi connectivity index (χ3v) is 7.13. The van der Waals surface area contributed by atoms with Gasteiger partial charge in [-0.3, -0.25) is 5.32 Å². The Morgan fingerprint density at radius 2 is 1.63 bits per heavy atom. The lowest BCUT2D eigenvalue weighted by atomic mass is 9.85. The smallest absolute Gasteiger partial charge is 0.342 e. The standard InChI is InChI=1S/C32H38F2N2O2/c1-23(38-31(37)28-15-14-27(21-29(28)33)25-12-8-5-9-13-25)35-30(20-24-10-6-4-7-11-24)26-16-18-36(19-17-26)22-32(2,3)34/h4-15,21,23,26,30,35H,16-20,22H2,1-3H3. The number of likely N-dealkylation sites (tertiary alicyclic amines) is 1. The molecule has 1 saturated heterocycles. The maximum absolute atomic E-state index is 14.9. The van der Waals surface area contributed by atoms with Crippen molar-refractivity contribution in [3.63, 3.8) is 0 Å². The van der Waals surface area contributed by atoms with Crippen LogP contribution < -0.4 is 5.32 Å². The molecule has 1 N–H and O–H groups in total. The van der Waals surface area contributed by atoms with Crippen molar-refractivity contribution in [2.45, 2.75) is 58.0 Å². The van der Waals surface area contributed by atoms with E-state index in [1.54, 1.807) is 26.8 Å². The van der Waals surface area contributed by atoms with Gasteiger partial charge in [-0.1, -0.05) is 66.7 Å². The van der Waals surface area contributed by atoms with Gasteiger partial charge in [-0.15, -0.1) is 0 Å². The number of halogens is 2. The molecular weight excluding hydrogens is 482 g/mol. The fourth-order valence-corrected chi connectivity index (χ4v) is 5.33. The summed E-state index contributed by atoms with van der Waals surface area (Å²) in [5, 5.41) is 3.50. The number of nitrogens with one attached hydrogen (secondary N) is 1. The molecule has 1 fully saturated rings. The van der Waals surface area contributed by atoms with Crippen LogP contribution in [0.5, 0.6) is 0 Å². The van der Waals surface area contributed by atoms with Crippen molar-refractivity contribution in [1.82, 2.24) is 10.2 Å². The number of hydrogen-bond acceptors (Lipinski definition) is 4. The van der Waals surface area contributed by atoms with Crippen LogP contribution in [-0.2, 0) is 11.2 Å². The molecule has 4 rings (SSSR count). The highest BCUT2D eigenvalue weighted by molar-refractivity contribution is 5.90. The number of benzene rings is 3. The Bertz CT molecular complexity index is 1170. The molecule has 2 unspecified atom stereocenters. The summed E-state index contributed by atoms with van der Waals surface area (Å²) in [6, 6.07) is 24.3. The minimum absolute atomic E-state index is 0.0611. The number of hydrogen-bond donors (Lipinski definition) is 1. The van der Waals surface area contributed by atoms with Crippen molar-refractivity contribution in [2.24, 2.45) is 5.92 Å². The monoisotopic (exact) mass is 520 g/mol. The summed E-state index contributed by atoms with van der Waals surface area (Å²) in [5.41, 5.74) is 1.48. The molecule has 0 bridgehead atoms. The zero-order valence-electron chi connectivity index (χ0n) is 22.5. The molecule has 1 heterocycles. The van der Waals surface area contributed by atoms with Gasteiger partial charge >= 0.3 is 5.97 Å².